The molecule has 5 nitrogen and oxygen atoms in total. The number of nitrogens with one attached hydrogen (secondary N) is 1. The van der Waals surface area contributed by atoms with E-state index in [1.807, 2.05) is 19.1 Å². The summed E-state index contributed by atoms with van der Waals surface area (Å²) in [7, 11) is 0. The molecule has 0 unspecified atom stereocenters. The fourth-order valence-corrected chi connectivity index (χ4v) is 3.69. The van der Waals surface area contributed by atoms with E-state index in [2.05, 4.69) is 4.90 Å². The zero-order chi connectivity index (χ0) is 18.3. The molecule has 1 fully saturated rings. The highest BCUT2D eigenvalue weighted by atomic mass is 19.1. The van der Waals surface area contributed by atoms with E-state index >= 15 is 0 Å². The zero-order valence-electron chi connectivity index (χ0n) is 14.7. The van der Waals surface area contributed by atoms with Gasteiger partial charge in [0.05, 0.1) is 37.4 Å². The Morgan fingerprint density at radius 1 is 1.04 bits per heavy atom. The van der Waals surface area contributed by atoms with Gasteiger partial charge in [-0.15, -0.1) is 0 Å². The van der Waals surface area contributed by atoms with Gasteiger partial charge in [-0.25, -0.2) is 4.39 Å². The number of benzene rings is 2. The normalized spacial score (nSPS) is 17.8. The Morgan fingerprint density at radius 2 is 1.73 bits per heavy atom. The third-order valence-electron chi connectivity index (χ3n) is 5.17. The van der Waals surface area contributed by atoms with Gasteiger partial charge in [0.1, 0.15) is 5.82 Å². The molecule has 4 rings (SSSR count). The second-order valence-electron chi connectivity index (χ2n) is 6.95. The van der Waals surface area contributed by atoms with E-state index in [4.69, 9.17) is 0 Å². The second-order valence-corrected chi connectivity index (χ2v) is 6.95. The van der Waals surface area contributed by atoms with Crippen molar-refractivity contribution < 1.29 is 18.9 Å². The summed E-state index contributed by atoms with van der Waals surface area (Å²) in [6.07, 6.45) is 0. The summed E-state index contributed by atoms with van der Waals surface area (Å²) in [6.45, 7) is 5.79. The monoisotopic (exact) mass is 354 g/mol. The van der Waals surface area contributed by atoms with Crippen LogP contribution in [-0.4, -0.2) is 44.5 Å². The molecule has 0 atom stereocenters. The number of anilines is 2. The molecule has 134 valence electrons. The molecular weight excluding hydrogens is 333 g/mol. The standard InChI is InChI=1S/C20H20FN3O2/c1-14-2-7-18-17(12-14)19(25)20(26)24(18)13-22-8-10-23(11-9-22)16-5-3-15(21)4-6-16/h2-7,12H,8-11,13H2,1H3/p+1. The Balaban J connectivity index is 1.43. The Kier molecular flexibility index (Phi) is 4.20. The van der Waals surface area contributed by atoms with E-state index in [-0.39, 0.29) is 5.82 Å². The minimum absolute atomic E-state index is 0.232. The largest absolute Gasteiger partial charge is 0.360 e. The fraction of sp³-hybridized carbons (Fsp3) is 0.300. The molecule has 6 heteroatoms. The maximum absolute atomic E-state index is 13.1. The molecule has 2 aromatic carbocycles. The highest BCUT2D eigenvalue weighted by Gasteiger charge is 2.38. The minimum Gasteiger partial charge on any atom is -0.360 e. The van der Waals surface area contributed by atoms with Crippen molar-refractivity contribution in [1.82, 2.24) is 0 Å². The maximum Gasteiger partial charge on any atom is 0.303 e. The lowest BCUT2D eigenvalue weighted by molar-refractivity contribution is -0.899. The molecule has 1 saturated heterocycles. The van der Waals surface area contributed by atoms with Crippen LogP contribution in [0.3, 0.4) is 0 Å². The highest BCUT2D eigenvalue weighted by molar-refractivity contribution is 6.52. The fourth-order valence-electron chi connectivity index (χ4n) is 3.69. The smallest absolute Gasteiger partial charge is 0.303 e. The Hall–Kier alpha value is -2.73. The van der Waals surface area contributed by atoms with Gasteiger partial charge in [-0.05, 0) is 43.3 Å². The van der Waals surface area contributed by atoms with Crippen molar-refractivity contribution in [3.05, 3.63) is 59.4 Å². The Bertz CT molecular complexity index is 858. The van der Waals surface area contributed by atoms with Crippen molar-refractivity contribution in [3.63, 3.8) is 0 Å². The van der Waals surface area contributed by atoms with Gasteiger partial charge in [-0.3, -0.25) is 14.5 Å². The zero-order valence-corrected chi connectivity index (χ0v) is 14.7. The van der Waals surface area contributed by atoms with Gasteiger partial charge in [0, 0.05) is 5.69 Å². The Labute approximate surface area is 151 Å². The number of carbonyl (C=O) groups excluding carboxylic acids is 2. The van der Waals surface area contributed by atoms with E-state index in [0.29, 0.717) is 12.2 Å². The summed E-state index contributed by atoms with van der Waals surface area (Å²) < 4.78 is 13.1. The van der Waals surface area contributed by atoms with Crippen molar-refractivity contribution in [2.75, 3.05) is 42.6 Å². The second kappa shape index (κ2) is 6.53. The van der Waals surface area contributed by atoms with E-state index in [1.165, 1.54) is 17.0 Å². The number of carbonyl (C=O) groups is 2. The minimum atomic E-state index is -0.431. The predicted molar refractivity (Wildman–Crippen MR) is 97.2 cm³/mol. The summed E-state index contributed by atoms with van der Waals surface area (Å²) in [4.78, 5) is 29.7. The van der Waals surface area contributed by atoms with Crippen LogP contribution < -0.4 is 14.7 Å². The van der Waals surface area contributed by atoms with E-state index < -0.39 is 11.7 Å². The first-order valence-corrected chi connectivity index (χ1v) is 8.84. The summed E-state index contributed by atoms with van der Waals surface area (Å²) in [5.41, 5.74) is 3.23. The lowest BCUT2D eigenvalue weighted by Crippen LogP contribution is -3.16. The van der Waals surface area contributed by atoms with Crippen LogP contribution >= 0.6 is 0 Å². The van der Waals surface area contributed by atoms with Crippen molar-refractivity contribution in [1.29, 1.82) is 0 Å². The van der Waals surface area contributed by atoms with Gasteiger partial charge >= 0.3 is 5.91 Å². The number of rotatable bonds is 3. The average molecular weight is 354 g/mol. The summed E-state index contributed by atoms with van der Waals surface area (Å²) >= 11 is 0. The molecule has 2 aliphatic heterocycles. The number of hydrogen-bond acceptors (Lipinski definition) is 3. The lowest BCUT2D eigenvalue weighted by atomic mass is 10.1. The Morgan fingerprint density at radius 3 is 2.42 bits per heavy atom. The van der Waals surface area contributed by atoms with E-state index in [9.17, 15) is 14.0 Å². The van der Waals surface area contributed by atoms with Crippen LogP contribution in [0, 0.1) is 12.7 Å². The van der Waals surface area contributed by atoms with Gasteiger partial charge < -0.3 is 9.80 Å². The van der Waals surface area contributed by atoms with Crippen LogP contribution in [0.1, 0.15) is 15.9 Å². The van der Waals surface area contributed by atoms with Crippen LogP contribution in [0.4, 0.5) is 15.8 Å². The molecule has 0 spiro atoms. The molecule has 0 saturated carbocycles. The summed E-state index contributed by atoms with van der Waals surface area (Å²) in [5.74, 6) is -1.07. The van der Waals surface area contributed by atoms with Gasteiger partial charge in [-0.2, -0.15) is 0 Å². The molecule has 0 aromatic heterocycles. The van der Waals surface area contributed by atoms with Crippen molar-refractivity contribution in [2.24, 2.45) is 0 Å². The first kappa shape index (κ1) is 16.7. The average Bonchev–Trinajstić information content (AvgIpc) is 2.88. The lowest BCUT2D eigenvalue weighted by Gasteiger charge is -2.35. The van der Waals surface area contributed by atoms with Crippen LogP contribution in [0.2, 0.25) is 0 Å². The van der Waals surface area contributed by atoms with Crippen molar-refractivity contribution in [3.8, 4) is 0 Å². The molecule has 0 radical (unpaired) electrons. The number of Topliss-reactive ketones (excluding diaryl/α,β-unsaturated/α-hetero) is 1. The maximum atomic E-state index is 13.1. The molecule has 2 heterocycles. The van der Waals surface area contributed by atoms with E-state index in [1.54, 1.807) is 23.1 Å². The molecule has 2 aliphatic rings. The number of nitrogens with zero attached hydrogens (tertiary/aromatic N) is 2. The SMILES string of the molecule is Cc1ccc2c(c1)C(=O)C(=O)N2C[NH+]1CCN(c2ccc(F)cc2)CC1. The third-order valence-corrected chi connectivity index (χ3v) is 5.17. The number of fused-ring (bicyclic) bond motifs is 1. The number of hydrogen-bond donors (Lipinski definition) is 1. The molecule has 2 aromatic rings. The van der Waals surface area contributed by atoms with E-state index in [0.717, 1.165) is 43.1 Å². The molecule has 0 bridgehead atoms. The first-order valence-electron chi connectivity index (χ1n) is 8.84. The van der Waals surface area contributed by atoms with Gasteiger partial charge in [-0.1, -0.05) is 11.6 Å². The van der Waals surface area contributed by atoms with Crippen molar-refractivity contribution >= 4 is 23.1 Å². The van der Waals surface area contributed by atoms with Crippen LogP contribution in [0.25, 0.3) is 0 Å². The molecular formula is C20H21FN3O2+. The summed E-state index contributed by atoms with van der Waals surface area (Å²) in [6, 6.07) is 12.1. The number of halogens is 1. The number of ketones is 1. The number of amides is 1. The topological polar surface area (TPSA) is 45.1 Å². The molecule has 1 amide bonds. The quantitative estimate of drug-likeness (QED) is 0.838. The van der Waals surface area contributed by atoms with Crippen LogP contribution in [-0.2, 0) is 4.79 Å². The summed E-state index contributed by atoms with van der Waals surface area (Å²) in [5, 5.41) is 0. The van der Waals surface area contributed by atoms with Gasteiger partial charge in [0.25, 0.3) is 5.78 Å². The predicted octanol–water partition coefficient (Wildman–Crippen LogP) is 1.03. The van der Waals surface area contributed by atoms with Gasteiger partial charge in [0.2, 0.25) is 0 Å². The third kappa shape index (κ3) is 2.97. The number of piperazine rings is 1. The van der Waals surface area contributed by atoms with Crippen molar-refractivity contribution in [2.45, 2.75) is 6.92 Å². The molecule has 26 heavy (non-hydrogen) atoms. The number of quaternary nitrogens is 1. The number of aryl methyl sites for hydroxylation is 1. The van der Waals surface area contributed by atoms with Crippen LogP contribution in [0.5, 0.6) is 0 Å². The first-order chi connectivity index (χ1) is 12.5. The molecule has 1 N–H and O–H groups in total. The highest BCUT2D eigenvalue weighted by Crippen LogP contribution is 2.28. The molecule has 0 aliphatic carbocycles. The van der Waals surface area contributed by atoms with Gasteiger partial charge in [0.15, 0.2) is 6.67 Å². The van der Waals surface area contributed by atoms with Crippen LogP contribution in [0.15, 0.2) is 42.5 Å².